The van der Waals surface area contributed by atoms with Crippen LogP contribution in [0.15, 0.2) is 18.2 Å². The van der Waals surface area contributed by atoms with Gasteiger partial charge in [0.15, 0.2) is 0 Å². The molecule has 18 heavy (non-hydrogen) atoms. The van der Waals surface area contributed by atoms with Gasteiger partial charge in [0.05, 0.1) is 24.7 Å². The molecule has 0 heterocycles. The molecule has 0 aliphatic heterocycles. The molecular formula is C14H18ClNO2. The summed E-state index contributed by atoms with van der Waals surface area (Å²) >= 11 is 5.95. The molecule has 1 aromatic carbocycles. The number of benzene rings is 1. The van der Waals surface area contributed by atoms with Gasteiger partial charge in [-0.15, -0.1) is 0 Å². The summed E-state index contributed by atoms with van der Waals surface area (Å²) in [7, 11) is 0. The molecule has 3 nitrogen and oxygen atoms in total. The van der Waals surface area contributed by atoms with E-state index in [0.717, 1.165) is 12.8 Å². The lowest BCUT2D eigenvalue weighted by Crippen LogP contribution is -2.10. The minimum absolute atomic E-state index is 0.140. The number of nitriles is 1. The van der Waals surface area contributed by atoms with E-state index in [2.05, 4.69) is 6.07 Å². The van der Waals surface area contributed by atoms with Crippen LogP contribution in [0.5, 0.6) is 5.75 Å². The predicted molar refractivity (Wildman–Crippen MR) is 71.5 cm³/mol. The average Bonchev–Trinajstić information content (AvgIpc) is 2.35. The molecule has 0 atom stereocenters. The van der Waals surface area contributed by atoms with Gasteiger partial charge in [-0.05, 0) is 38.8 Å². The molecule has 0 saturated carbocycles. The fraction of sp³-hybridized carbons (Fsp3) is 0.500. The van der Waals surface area contributed by atoms with E-state index in [1.807, 2.05) is 13.8 Å². The number of aliphatic hydroxyl groups excluding tert-OH is 1. The third-order valence-electron chi connectivity index (χ3n) is 2.74. The van der Waals surface area contributed by atoms with E-state index in [9.17, 15) is 5.11 Å². The van der Waals surface area contributed by atoms with E-state index < -0.39 is 0 Å². The number of hydrogen-bond acceptors (Lipinski definition) is 3. The van der Waals surface area contributed by atoms with E-state index in [0.29, 0.717) is 22.9 Å². The fourth-order valence-electron chi connectivity index (χ4n) is 1.58. The Bertz CT molecular complexity index is 438. The molecule has 0 aromatic heterocycles. The lowest BCUT2D eigenvalue weighted by molar-refractivity contribution is 0.254. The van der Waals surface area contributed by atoms with Crippen LogP contribution in [0.25, 0.3) is 0 Å². The molecule has 0 amide bonds. The summed E-state index contributed by atoms with van der Waals surface area (Å²) in [6.45, 7) is 4.19. The number of hydrogen-bond donors (Lipinski definition) is 1. The summed E-state index contributed by atoms with van der Waals surface area (Å²) < 4.78 is 5.59. The van der Waals surface area contributed by atoms with Gasteiger partial charge in [0.2, 0.25) is 0 Å². The van der Waals surface area contributed by atoms with Gasteiger partial charge in [-0.3, -0.25) is 0 Å². The molecule has 0 aliphatic carbocycles. The first-order valence-corrected chi connectivity index (χ1v) is 6.30. The molecule has 0 saturated heterocycles. The monoisotopic (exact) mass is 267 g/mol. The highest BCUT2D eigenvalue weighted by Gasteiger charge is 2.16. The average molecular weight is 268 g/mol. The number of rotatable bonds is 6. The van der Waals surface area contributed by atoms with Crippen molar-refractivity contribution in [2.75, 3.05) is 6.61 Å². The number of ether oxygens (including phenoxy) is 1. The van der Waals surface area contributed by atoms with Gasteiger partial charge >= 0.3 is 0 Å². The Hall–Kier alpha value is -1.24. The summed E-state index contributed by atoms with van der Waals surface area (Å²) in [6, 6.07) is 7.55. The summed E-state index contributed by atoms with van der Waals surface area (Å²) in [5.74, 6) is 0.611. The summed E-state index contributed by atoms with van der Waals surface area (Å²) in [5, 5.41) is 18.6. The lowest BCUT2D eigenvalue weighted by Gasteiger charge is -2.16. The molecule has 1 N–H and O–H groups in total. The van der Waals surface area contributed by atoms with E-state index in [-0.39, 0.29) is 12.0 Å². The molecule has 1 rings (SSSR count). The quantitative estimate of drug-likeness (QED) is 0.802. The maximum absolute atomic E-state index is 9.22. The van der Waals surface area contributed by atoms with Crippen molar-refractivity contribution in [3.05, 3.63) is 28.8 Å². The minimum atomic E-state index is -0.322. The largest absolute Gasteiger partial charge is 0.493 e. The highest BCUT2D eigenvalue weighted by molar-refractivity contribution is 6.31. The summed E-state index contributed by atoms with van der Waals surface area (Å²) in [5.41, 5.74) is 0.288. The number of nitrogens with zero attached hydrogens (tertiary/aromatic N) is 1. The van der Waals surface area contributed by atoms with Crippen LogP contribution in [0, 0.1) is 16.7 Å². The molecule has 0 aliphatic rings. The Kier molecular flexibility index (Phi) is 5.46. The van der Waals surface area contributed by atoms with Gasteiger partial charge in [-0.1, -0.05) is 17.7 Å². The van der Waals surface area contributed by atoms with E-state index in [1.54, 1.807) is 18.2 Å². The standard InChI is InChI=1S/C14H18ClNO2/c1-14(2,10-16)7-4-8-18-13-6-3-5-12(15)11(13)9-17/h3,5-6,17H,4,7-9H2,1-2H3. The maximum atomic E-state index is 9.22. The molecule has 0 fully saturated rings. The number of aliphatic hydroxyl groups is 1. The van der Waals surface area contributed by atoms with Gasteiger partial charge in [-0.25, -0.2) is 0 Å². The van der Waals surface area contributed by atoms with Crippen LogP contribution < -0.4 is 4.74 Å². The second kappa shape index (κ2) is 6.63. The van der Waals surface area contributed by atoms with Crippen LogP contribution in [0.2, 0.25) is 5.02 Å². The van der Waals surface area contributed by atoms with E-state index in [4.69, 9.17) is 21.6 Å². The van der Waals surface area contributed by atoms with Crippen LogP contribution in [0.4, 0.5) is 0 Å². The Morgan fingerprint density at radius 2 is 2.17 bits per heavy atom. The predicted octanol–water partition coefficient (Wildman–Crippen LogP) is 3.54. The molecule has 0 spiro atoms. The van der Waals surface area contributed by atoms with Gasteiger partial charge in [0, 0.05) is 10.6 Å². The van der Waals surface area contributed by atoms with Gasteiger partial charge in [0.25, 0.3) is 0 Å². The highest BCUT2D eigenvalue weighted by Crippen LogP contribution is 2.27. The van der Waals surface area contributed by atoms with Gasteiger partial charge in [0.1, 0.15) is 5.75 Å². The van der Waals surface area contributed by atoms with Crippen LogP contribution >= 0.6 is 11.6 Å². The van der Waals surface area contributed by atoms with Crippen molar-refractivity contribution in [2.45, 2.75) is 33.3 Å². The van der Waals surface area contributed by atoms with Crippen molar-refractivity contribution in [1.29, 1.82) is 5.26 Å². The zero-order chi connectivity index (χ0) is 13.6. The second-order valence-corrected chi connectivity index (χ2v) is 5.23. The fourth-order valence-corrected chi connectivity index (χ4v) is 1.81. The van der Waals surface area contributed by atoms with Crippen molar-refractivity contribution >= 4 is 11.6 Å². The zero-order valence-corrected chi connectivity index (χ0v) is 11.5. The SMILES string of the molecule is CC(C)(C#N)CCCOc1cccc(Cl)c1CO. The third-order valence-corrected chi connectivity index (χ3v) is 3.09. The van der Waals surface area contributed by atoms with E-state index >= 15 is 0 Å². The third kappa shape index (κ3) is 4.21. The van der Waals surface area contributed by atoms with Gasteiger partial charge < -0.3 is 9.84 Å². The molecule has 0 unspecified atom stereocenters. The Morgan fingerprint density at radius 3 is 2.78 bits per heavy atom. The molecule has 0 radical (unpaired) electrons. The lowest BCUT2D eigenvalue weighted by atomic mass is 9.90. The highest BCUT2D eigenvalue weighted by atomic mass is 35.5. The van der Waals surface area contributed by atoms with Crippen LogP contribution in [-0.4, -0.2) is 11.7 Å². The van der Waals surface area contributed by atoms with Crippen molar-refractivity contribution < 1.29 is 9.84 Å². The van der Waals surface area contributed by atoms with Crippen molar-refractivity contribution in [1.82, 2.24) is 0 Å². The smallest absolute Gasteiger partial charge is 0.126 e. The normalized spacial score (nSPS) is 11.1. The first kappa shape index (κ1) is 14.8. The second-order valence-electron chi connectivity index (χ2n) is 4.82. The van der Waals surface area contributed by atoms with E-state index in [1.165, 1.54) is 0 Å². The molecule has 98 valence electrons. The Morgan fingerprint density at radius 1 is 1.44 bits per heavy atom. The molecule has 4 heteroatoms. The van der Waals surface area contributed by atoms with Crippen LogP contribution in [-0.2, 0) is 6.61 Å². The molecule has 0 bridgehead atoms. The van der Waals surface area contributed by atoms with Crippen molar-refractivity contribution in [2.24, 2.45) is 5.41 Å². The topological polar surface area (TPSA) is 53.2 Å². The van der Waals surface area contributed by atoms with Crippen molar-refractivity contribution in [3.63, 3.8) is 0 Å². The van der Waals surface area contributed by atoms with Gasteiger partial charge in [-0.2, -0.15) is 5.26 Å². The maximum Gasteiger partial charge on any atom is 0.126 e. The minimum Gasteiger partial charge on any atom is -0.493 e. The molecule has 1 aromatic rings. The van der Waals surface area contributed by atoms with Crippen LogP contribution in [0.3, 0.4) is 0 Å². The Labute approximate surface area is 113 Å². The summed E-state index contributed by atoms with van der Waals surface area (Å²) in [4.78, 5) is 0. The molecular weight excluding hydrogens is 250 g/mol. The Balaban J connectivity index is 2.50. The first-order chi connectivity index (χ1) is 8.50. The number of halogens is 1. The first-order valence-electron chi connectivity index (χ1n) is 5.92. The summed E-state index contributed by atoms with van der Waals surface area (Å²) in [6.07, 6.45) is 1.57. The zero-order valence-electron chi connectivity index (χ0n) is 10.7. The van der Waals surface area contributed by atoms with Crippen LogP contribution in [0.1, 0.15) is 32.3 Å². The van der Waals surface area contributed by atoms with Crippen molar-refractivity contribution in [3.8, 4) is 11.8 Å².